The van der Waals surface area contributed by atoms with Crippen molar-refractivity contribution >= 4 is 55.2 Å². The topological polar surface area (TPSA) is 7.65 Å². The second-order valence-electron chi connectivity index (χ2n) is 13.0. The van der Waals surface area contributed by atoms with E-state index in [1.165, 1.54) is 94.1 Å². The Bertz CT molecular complexity index is 2710. The summed E-state index contributed by atoms with van der Waals surface area (Å²) in [6, 6.07) is 56.3. The second kappa shape index (κ2) is 8.44. The Labute approximate surface area is 266 Å². The number of aromatic nitrogens is 1. The minimum atomic E-state index is -0.281. The fourth-order valence-corrected chi connectivity index (χ4v) is 9.00. The van der Waals surface area contributed by atoms with Crippen molar-refractivity contribution in [3.05, 3.63) is 168 Å². The molecule has 7 aromatic carbocycles. The Hall–Kier alpha value is -5.86. The third kappa shape index (κ3) is 2.80. The molecule has 0 bridgehead atoms. The van der Waals surface area contributed by atoms with E-state index in [0.29, 0.717) is 0 Å². The van der Waals surface area contributed by atoms with Crippen molar-refractivity contribution < 1.29 is 0 Å². The van der Waals surface area contributed by atoms with Crippen molar-refractivity contribution in [1.82, 2.24) is 4.40 Å². The van der Waals surface area contributed by atoms with Gasteiger partial charge in [0, 0.05) is 27.0 Å². The van der Waals surface area contributed by atoms with Crippen molar-refractivity contribution in [3.8, 4) is 22.3 Å². The number of fused-ring (bicyclic) bond motifs is 11. The maximum absolute atomic E-state index is 2.56. The highest BCUT2D eigenvalue weighted by atomic mass is 15.2. The summed E-state index contributed by atoms with van der Waals surface area (Å²) in [5.74, 6) is 0. The summed E-state index contributed by atoms with van der Waals surface area (Å²) in [4.78, 5) is 2.56. The quantitative estimate of drug-likeness (QED) is 0.196. The highest BCUT2D eigenvalue weighted by Gasteiger charge is 2.48. The van der Waals surface area contributed by atoms with Crippen LogP contribution in [-0.4, -0.2) is 4.40 Å². The molecular formula is C44H28N2. The van der Waals surface area contributed by atoms with Crippen LogP contribution in [0.1, 0.15) is 23.6 Å². The molecule has 214 valence electrons. The molecule has 0 saturated carbocycles. The zero-order valence-corrected chi connectivity index (χ0v) is 25.3. The fraction of sp³-hybridized carbons (Fsp3) is 0.0455. The molecule has 46 heavy (non-hydrogen) atoms. The average molecular weight is 585 g/mol. The molecule has 2 heteroatoms. The highest BCUT2D eigenvalue weighted by molar-refractivity contribution is 6.27. The van der Waals surface area contributed by atoms with Crippen LogP contribution in [-0.2, 0) is 5.41 Å². The number of rotatable bonds is 2. The average Bonchev–Trinajstić information content (AvgIpc) is 3.73. The lowest BCUT2D eigenvalue weighted by Gasteiger charge is -2.43. The Kier molecular flexibility index (Phi) is 4.49. The van der Waals surface area contributed by atoms with Crippen LogP contribution in [0.4, 0.5) is 17.1 Å². The summed E-state index contributed by atoms with van der Waals surface area (Å²) in [6.07, 6.45) is 0. The van der Waals surface area contributed by atoms with Crippen LogP contribution in [0.2, 0.25) is 0 Å². The third-order valence-electron chi connectivity index (χ3n) is 10.9. The van der Waals surface area contributed by atoms with Crippen molar-refractivity contribution in [2.75, 3.05) is 4.90 Å². The maximum atomic E-state index is 2.56. The number of hydrogen-bond donors (Lipinski definition) is 0. The lowest BCUT2D eigenvalue weighted by atomic mass is 9.70. The molecule has 1 aliphatic heterocycles. The largest absolute Gasteiger partial charge is 0.309 e. The van der Waals surface area contributed by atoms with E-state index in [1.54, 1.807) is 0 Å². The molecule has 1 unspecified atom stereocenters. The number of para-hydroxylation sites is 2. The molecule has 11 rings (SSSR count). The van der Waals surface area contributed by atoms with Gasteiger partial charge in [-0.15, -0.1) is 0 Å². The van der Waals surface area contributed by atoms with Crippen LogP contribution in [0.25, 0.3) is 60.3 Å². The Balaban J connectivity index is 1.30. The molecular weight excluding hydrogens is 556 g/mol. The highest BCUT2D eigenvalue weighted by Crippen LogP contribution is 2.63. The standard InChI is InChI=1S/C44H28N2/c1-44-34-18-8-5-14-29(34)31-17-11-21-40(42(31)44)45(38-24-22-28(26-35(38)44)27-12-3-2-4-13-27)39-25-23-32-30-15-6-9-19-36(30)46-37-20-10-7-16-33(37)41(39)43(32)46/h2-26H,1H3. The third-order valence-corrected chi connectivity index (χ3v) is 10.9. The lowest BCUT2D eigenvalue weighted by molar-refractivity contribution is 0.702. The van der Waals surface area contributed by atoms with Gasteiger partial charge in [-0.1, -0.05) is 115 Å². The molecule has 3 heterocycles. The van der Waals surface area contributed by atoms with E-state index in [2.05, 4.69) is 168 Å². The van der Waals surface area contributed by atoms with Gasteiger partial charge in [0.1, 0.15) is 0 Å². The first-order valence-corrected chi connectivity index (χ1v) is 16.1. The molecule has 0 saturated heterocycles. The normalized spacial score (nSPS) is 16.4. The van der Waals surface area contributed by atoms with E-state index in [0.717, 1.165) is 0 Å². The summed E-state index contributed by atoms with van der Waals surface area (Å²) in [5, 5.41) is 5.20. The van der Waals surface area contributed by atoms with Gasteiger partial charge in [0.15, 0.2) is 0 Å². The fourth-order valence-electron chi connectivity index (χ4n) is 9.00. The van der Waals surface area contributed by atoms with Crippen LogP contribution in [0.5, 0.6) is 0 Å². The van der Waals surface area contributed by atoms with Crippen LogP contribution in [0.15, 0.2) is 152 Å². The second-order valence-corrected chi connectivity index (χ2v) is 13.0. The monoisotopic (exact) mass is 584 g/mol. The number of anilines is 3. The number of hydrogen-bond acceptors (Lipinski definition) is 1. The van der Waals surface area contributed by atoms with E-state index < -0.39 is 0 Å². The van der Waals surface area contributed by atoms with Gasteiger partial charge in [-0.25, -0.2) is 0 Å². The summed E-state index contributed by atoms with van der Waals surface area (Å²) < 4.78 is 2.48. The van der Waals surface area contributed by atoms with Gasteiger partial charge in [-0.2, -0.15) is 0 Å². The first-order valence-electron chi connectivity index (χ1n) is 16.1. The molecule has 1 aliphatic carbocycles. The van der Waals surface area contributed by atoms with Crippen molar-refractivity contribution in [2.45, 2.75) is 12.3 Å². The molecule has 2 nitrogen and oxygen atoms in total. The van der Waals surface area contributed by atoms with E-state index in [9.17, 15) is 0 Å². The van der Waals surface area contributed by atoms with Gasteiger partial charge in [0.25, 0.3) is 0 Å². The summed E-state index contributed by atoms with van der Waals surface area (Å²) in [6.45, 7) is 2.45. The molecule has 0 spiro atoms. The van der Waals surface area contributed by atoms with E-state index >= 15 is 0 Å². The Morgan fingerprint density at radius 2 is 1.15 bits per heavy atom. The smallest absolute Gasteiger partial charge is 0.0641 e. The first-order chi connectivity index (χ1) is 22.7. The zero-order chi connectivity index (χ0) is 30.1. The van der Waals surface area contributed by atoms with Crippen LogP contribution in [0, 0.1) is 0 Å². The van der Waals surface area contributed by atoms with Crippen molar-refractivity contribution in [3.63, 3.8) is 0 Å². The summed E-state index contributed by atoms with van der Waals surface area (Å²) in [5.41, 5.74) is 16.5. The molecule has 0 fully saturated rings. The van der Waals surface area contributed by atoms with E-state index in [1.807, 2.05) is 0 Å². The van der Waals surface area contributed by atoms with E-state index in [-0.39, 0.29) is 5.41 Å². The Morgan fingerprint density at radius 1 is 0.457 bits per heavy atom. The van der Waals surface area contributed by atoms with E-state index in [4.69, 9.17) is 0 Å². The molecule has 2 aliphatic rings. The minimum absolute atomic E-state index is 0.281. The molecule has 1 atom stereocenters. The predicted molar refractivity (Wildman–Crippen MR) is 192 cm³/mol. The van der Waals surface area contributed by atoms with Crippen LogP contribution < -0.4 is 4.90 Å². The Morgan fingerprint density at radius 3 is 2.02 bits per heavy atom. The van der Waals surface area contributed by atoms with Crippen LogP contribution >= 0.6 is 0 Å². The predicted octanol–water partition coefficient (Wildman–Crippen LogP) is 11.6. The van der Waals surface area contributed by atoms with Gasteiger partial charge in [0.05, 0.1) is 33.6 Å². The summed E-state index contributed by atoms with van der Waals surface area (Å²) >= 11 is 0. The number of nitrogens with zero attached hydrogens (tertiary/aromatic N) is 2. The lowest BCUT2D eigenvalue weighted by Crippen LogP contribution is -2.32. The first kappa shape index (κ1) is 24.5. The van der Waals surface area contributed by atoms with Gasteiger partial charge in [-0.3, -0.25) is 0 Å². The van der Waals surface area contributed by atoms with Crippen LogP contribution in [0.3, 0.4) is 0 Å². The molecule has 0 N–H and O–H groups in total. The molecule has 0 radical (unpaired) electrons. The minimum Gasteiger partial charge on any atom is -0.309 e. The molecule has 2 aromatic heterocycles. The van der Waals surface area contributed by atoms with Gasteiger partial charge < -0.3 is 9.30 Å². The molecule has 0 amide bonds. The maximum Gasteiger partial charge on any atom is 0.0641 e. The summed E-state index contributed by atoms with van der Waals surface area (Å²) in [7, 11) is 0. The van der Waals surface area contributed by atoms with Crippen molar-refractivity contribution in [2.24, 2.45) is 0 Å². The van der Waals surface area contributed by atoms with Gasteiger partial charge in [-0.05, 0) is 82.3 Å². The van der Waals surface area contributed by atoms with Gasteiger partial charge >= 0.3 is 0 Å². The number of benzene rings is 7. The zero-order valence-electron chi connectivity index (χ0n) is 25.3. The van der Waals surface area contributed by atoms with Gasteiger partial charge in [0.2, 0.25) is 0 Å². The van der Waals surface area contributed by atoms with Crippen molar-refractivity contribution in [1.29, 1.82) is 0 Å². The molecule has 9 aromatic rings. The SMILES string of the molecule is CC12c3ccccc3-c3cccc(c31)N(c1ccc3c4ccccc4n4c5ccccc5c1c34)c1ccc(-c3ccccc3)cc12.